The normalized spacial score (nSPS) is 36.6. The number of aromatic nitrogens is 1. The SMILES string of the molecule is CC1CCC(n2ccc3c2CC(C)(C)CC3O)C(C)C1. The lowest BCUT2D eigenvalue weighted by Gasteiger charge is -2.38. The van der Waals surface area contributed by atoms with Gasteiger partial charge in [0.05, 0.1) is 6.10 Å². The Labute approximate surface area is 123 Å². The Balaban J connectivity index is 1.93. The largest absolute Gasteiger partial charge is 0.388 e. The molecule has 0 aromatic carbocycles. The number of aliphatic hydroxyl groups excluding tert-OH is 1. The molecule has 1 aromatic rings. The van der Waals surface area contributed by atoms with E-state index >= 15 is 0 Å². The average Bonchev–Trinajstić information content (AvgIpc) is 2.71. The van der Waals surface area contributed by atoms with Gasteiger partial charge in [0.2, 0.25) is 0 Å². The third kappa shape index (κ3) is 2.43. The fourth-order valence-electron chi connectivity index (χ4n) is 4.52. The molecular weight excluding hydrogens is 246 g/mol. The van der Waals surface area contributed by atoms with E-state index in [9.17, 15) is 5.11 Å². The first-order valence-corrected chi connectivity index (χ1v) is 8.25. The molecule has 2 heteroatoms. The molecule has 1 heterocycles. The third-order valence-corrected chi connectivity index (χ3v) is 5.55. The summed E-state index contributed by atoms with van der Waals surface area (Å²) in [6.07, 6.45) is 7.93. The van der Waals surface area contributed by atoms with Gasteiger partial charge < -0.3 is 9.67 Å². The first-order valence-electron chi connectivity index (χ1n) is 8.25. The van der Waals surface area contributed by atoms with E-state index in [4.69, 9.17) is 0 Å². The van der Waals surface area contributed by atoms with E-state index in [0.717, 1.165) is 24.7 Å². The van der Waals surface area contributed by atoms with E-state index in [0.29, 0.717) is 6.04 Å². The van der Waals surface area contributed by atoms with E-state index in [1.165, 1.54) is 30.5 Å². The van der Waals surface area contributed by atoms with Gasteiger partial charge in [-0.05, 0) is 55.4 Å². The molecule has 0 aliphatic heterocycles. The van der Waals surface area contributed by atoms with Crippen LogP contribution in [0.25, 0.3) is 0 Å². The molecule has 1 fully saturated rings. The van der Waals surface area contributed by atoms with Gasteiger partial charge >= 0.3 is 0 Å². The summed E-state index contributed by atoms with van der Waals surface area (Å²) >= 11 is 0. The second kappa shape index (κ2) is 4.91. The van der Waals surface area contributed by atoms with Gasteiger partial charge in [-0.25, -0.2) is 0 Å². The van der Waals surface area contributed by atoms with Gasteiger partial charge in [0, 0.05) is 23.5 Å². The Morgan fingerprint density at radius 3 is 2.70 bits per heavy atom. The fourth-order valence-corrected chi connectivity index (χ4v) is 4.52. The molecule has 1 aromatic heterocycles. The van der Waals surface area contributed by atoms with E-state index in [1.807, 2.05) is 0 Å². The van der Waals surface area contributed by atoms with E-state index in [-0.39, 0.29) is 11.5 Å². The van der Waals surface area contributed by atoms with Crippen LogP contribution in [-0.2, 0) is 6.42 Å². The summed E-state index contributed by atoms with van der Waals surface area (Å²) in [6, 6.07) is 2.80. The van der Waals surface area contributed by atoms with Crippen molar-refractivity contribution in [3.05, 3.63) is 23.5 Å². The van der Waals surface area contributed by atoms with Crippen LogP contribution in [0.1, 0.15) is 76.8 Å². The molecule has 2 nitrogen and oxygen atoms in total. The number of nitrogens with zero attached hydrogens (tertiary/aromatic N) is 1. The summed E-state index contributed by atoms with van der Waals surface area (Å²) in [5.41, 5.74) is 2.81. The zero-order chi connectivity index (χ0) is 14.5. The monoisotopic (exact) mass is 275 g/mol. The molecular formula is C18H29NO. The predicted octanol–water partition coefficient (Wildman–Crippen LogP) is 4.49. The third-order valence-electron chi connectivity index (χ3n) is 5.55. The number of rotatable bonds is 1. The number of aliphatic hydroxyl groups is 1. The number of hydrogen-bond acceptors (Lipinski definition) is 1. The Morgan fingerprint density at radius 2 is 2.00 bits per heavy atom. The summed E-state index contributed by atoms with van der Waals surface area (Å²) < 4.78 is 2.51. The number of hydrogen-bond donors (Lipinski definition) is 1. The van der Waals surface area contributed by atoms with Crippen molar-refractivity contribution < 1.29 is 5.11 Å². The molecule has 0 spiro atoms. The summed E-state index contributed by atoms with van der Waals surface area (Å²) in [7, 11) is 0. The standard InChI is InChI=1S/C18H29NO/c1-12-5-6-15(13(2)9-12)19-8-7-14-16(19)10-18(3,4)11-17(14)20/h7-8,12-13,15,17,20H,5-6,9-11H2,1-4H3. The maximum Gasteiger partial charge on any atom is 0.0812 e. The zero-order valence-corrected chi connectivity index (χ0v) is 13.4. The topological polar surface area (TPSA) is 25.2 Å². The van der Waals surface area contributed by atoms with Crippen LogP contribution >= 0.6 is 0 Å². The average molecular weight is 275 g/mol. The highest BCUT2D eigenvalue weighted by Gasteiger charge is 2.36. The molecule has 2 aliphatic rings. The summed E-state index contributed by atoms with van der Waals surface area (Å²) in [5, 5.41) is 10.4. The Bertz CT molecular complexity index is 488. The molecule has 1 N–H and O–H groups in total. The van der Waals surface area contributed by atoms with Gasteiger partial charge in [-0.15, -0.1) is 0 Å². The van der Waals surface area contributed by atoms with Crippen LogP contribution in [0.4, 0.5) is 0 Å². The van der Waals surface area contributed by atoms with Crippen molar-refractivity contribution in [1.29, 1.82) is 0 Å². The molecule has 20 heavy (non-hydrogen) atoms. The predicted molar refractivity (Wildman–Crippen MR) is 82.7 cm³/mol. The molecule has 3 rings (SSSR count). The van der Waals surface area contributed by atoms with Crippen molar-refractivity contribution in [2.45, 2.75) is 71.9 Å². The highest BCUT2D eigenvalue weighted by atomic mass is 16.3. The van der Waals surface area contributed by atoms with Crippen molar-refractivity contribution in [2.75, 3.05) is 0 Å². The van der Waals surface area contributed by atoms with E-state index in [1.54, 1.807) is 0 Å². The van der Waals surface area contributed by atoms with Crippen molar-refractivity contribution in [3.63, 3.8) is 0 Å². The van der Waals surface area contributed by atoms with Gasteiger partial charge in [-0.1, -0.05) is 27.7 Å². The second-order valence-electron chi connectivity index (χ2n) is 8.15. The van der Waals surface area contributed by atoms with Gasteiger partial charge in [0.1, 0.15) is 0 Å². The molecule has 0 saturated heterocycles. The molecule has 2 aliphatic carbocycles. The highest BCUT2D eigenvalue weighted by molar-refractivity contribution is 5.30. The Morgan fingerprint density at radius 1 is 1.25 bits per heavy atom. The van der Waals surface area contributed by atoms with Crippen molar-refractivity contribution in [3.8, 4) is 0 Å². The summed E-state index contributed by atoms with van der Waals surface area (Å²) in [6.45, 7) is 9.34. The lowest BCUT2D eigenvalue weighted by atomic mass is 9.75. The van der Waals surface area contributed by atoms with Gasteiger partial charge in [0.15, 0.2) is 0 Å². The van der Waals surface area contributed by atoms with Gasteiger partial charge in [-0.2, -0.15) is 0 Å². The van der Waals surface area contributed by atoms with Gasteiger partial charge in [-0.3, -0.25) is 0 Å². The molecule has 1 saturated carbocycles. The van der Waals surface area contributed by atoms with Crippen LogP contribution in [0, 0.1) is 17.3 Å². The molecule has 112 valence electrons. The van der Waals surface area contributed by atoms with Crippen LogP contribution in [0.5, 0.6) is 0 Å². The van der Waals surface area contributed by atoms with Crippen LogP contribution in [0.15, 0.2) is 12.3 Å². The first-order chi connectivity index (χ1) is 9.37. The van der Waals surface area contributed by atoms with E-state index in [2.05, 4.69) is 44.5 Å². The fraction of sp³-hybridized carbons (Fsp3) is 0.778. The molecule has 0 bridgehead atoms. The lowest BCUT2D eigenvalue weighted by Crippen LogP contribution is -2.30. The van der Waals surface area contributed by atoms with Gasteiger partial charge in [0.25, 0.3) is 0 Å². The maximum absolute atomic E-state index is 10.4. The minimum absolute atomic E-state index is 0.216. The molecule has 0 radical (unpaired) electrons. The first kappa shape index (κ1) is 14.2. The smallest absolute Gasteiger partial charge is 0.0812 e. The van der Waals surface area contributed by atoms with Crippen LogP contribution in [0.2, 0.25) is 0 Å². The summed E-state index contributed by atoms with van der Waals surface area (Å²) in [5.74, 6) is 1.62. The van der Waals surface area contributed by atoms with Crippen molar-refractivity contribution in [1.82, 2.24) is 4.57 Å². The minimum atomic E-state index is -0.271. The number of fused-ring (bicyclic) bond motifs is 1. The second-order valence-corrected chi connectivity index (χ2v) is 8.15. The molecule has 4 atom stereocenters. The Kier molecular flexibility index (Phi) is 3.48. The molecule has 4 unspecified atom stereocenters. The minimum Gasteiger partial charge on any atom is -0.388 e. The quantitative estimate of drug-likeness (QED) is 0.802. The van der Waals surface area contributed by atoms with E-state index < -0.39 is 0 Å². The maximum atomic E-state index is 10.4. The zero-order valence-electron chi connectivity index (χ0n) is 13.4. The van der Waals surface area contributed by atoms with Crippen LogP contribution in [0.3, 0.4) is 0 Å². The molecule has 0 amide bonds. The summed E-state index contributed by atoms with van der Waals surface area (Å²) in [4.78, 5) is 0. The Hall–Kier alpha value is -0.760. The highest BCUT2D eigenvalue weighted by Crippen LogP contribution is 2.44. The lowest BCUT2D eigenvalue weighted by molar-refractivity contribution is 0.0955. The van der Waals surface area contributed by atoms with Crippen LogP contribution < -0.4 is 0 Å². The van der Waals surface area contributed by atoms with Crippen molar-refractivity contribution in [2.24, 2.45) is 17.3 Å². The van der Waals surface area contributed by atoms with Crippen LogP contribution in [-0.4, -0.2) is 9.67 Å². The van der Waals surface area contributed by atoms with Crippen molar-refractivity contribution >= 4 is 0 Å².